The number of aliphatic hydroxyl groups excluding tert-OH is 1. The van der Waals surface area contributed by atoms with Crippen LogP contribution in [0.25, 0.3) is 44.1 Å². The molecule has 2 heterocycles. The van der Waals surface area contributed by atoms with Gasteiger partial charge in [-0.1, -0.05) is 79.7 Å². The van der Waals surface area contributed by atoms with Crippen molar-refractivity contribution in [2.45, 2.75) is 74.7 Å². The van der Waals surface area contributed by atoms with E-state index in [-0.39, 0.29) is 43.5 Å². The van der Waals surface area contributed by atoms with E-state index >= 15 is 0 Å². The summed E-state index contributed by atoms with van der Waals surface area (Å²) in [5.41, 5.74) is 8.27. The van der Waals surface area contributed by atoms with Crippen LogP contribution in [0.2, 0.25) is 0 Å². The molecule has 0 amide bonds. The molecule has 1 unspecified atom stereocenters. The first-order valence-electron chi connectivity index (χ1n) is 17.9. The van der Waals surface area contributed by atoms with Gasteiger partial charge in [0.2, 0.25) is 0 Å². The van der Waals surface area contributed by atoms with Crippen LogP contribution in [0.1, 0.15) is 69.2 Å². The molecule has 2 aromatic heterocycles. The fourth-order valence-corrected chi connectivity index (χ4v) is 6.13. The zero-order valence-electron chi connectivity index (χ0n) is 31.8. The number of pyridine rings is 2. The van der Waals surface area contributed by atoms with Gasteiger partial charge >= 0.3 is 0 Å². The molecule has 0 saturated carbocycles. The molecule has 1 radical (unpaired) electrons. The van der Waals surface area contributed by atoms with Crippen LogP contribution < -0.4 is 0 Å². The minimum absolute atomic E-state index is 0. The Hall–Kier alpha value is -4.58. The maximum Gasteiger partial charge on any atom is 0.161 e. The van der Waals surface area contributed by atoms with Crippen molar-refractivity contribution < 1.29 is 38.8 Å². The second-order valence-corrected chi connectivity index (χ2v) is 13.3. The molecule has 279 valence electrons. The molecule has 1 N–H and O–H groups in total. The average Bonchev–Trinajstić information content (AvgIpc) is 3.11. The van der Waals surface area contributed by atoms with E-state index in [1.807, 2.05) is 71.9 Å². The summed E-state index contributed by atoms with van der Waals surface area (Å²) in [6, 6.07) is 28.4. The zero-order valence-corrected chi connectivity index (χ0v) is 34.2. The predicted molar refractivity (Wildman–Crippen MR) is 210 cm³/mol. The van der Waals surface area contributed by atoms with Crippen LogP contribution >= 0.6 is 0 Å². The maximum atomic E-state index is 14.0. The third-order valence-corrected chi connectivity index (χ3v) is 9.08. The fourth-order valence-electron chi connectivity index (χ4n) is 6.13. The molecule has 7 heteroatoms. The van der Waals surface area contributed by atoms with Crippen molar-refractivity contribution in [1.82, 2.24) is 9.97 Å². The molecule has 0 aliphatic rings. The number of nitrogens with zero attached hydrogens (tertiary/aromatic N) is 2. The number of allylic oxidation sites excluding steroid dienone is 2. The second kappa shape index (κ2) is 20.0. The number of hydrogen-bond acceptors (Lipinski definition) is 4. The third kappa shape index (κ3) is 11.5. The first-order chi connectivity index (χ1) is 24.8. The largest absolute Gasteiger partial charge is 0.512 e. The number of fused-ring (bicyclic) bond motifs is 3. The molecule has 0 bridgehead atoms. The normalized spacial score (nSPS) is 11.6. The molecule has 1 atom stereocenters. The van der Waals surface area contributed by atoms with Crippen LogP contribution in [-0.2, 0) is 24.9 Å². The molecular formula is C46H48F2IrN2O2-2. The Morgan fingerprint density at radius 2 is 1.36 bits per heavy atom. The van der Waals surface area contributed by atoms with Crippen molar-refractivity contribution in [3.05, 3.63) is 143 Å². The van der Waals surface area contributed by atoms with E-state index in [0.717, 1.165) is 75.3 Å². The van der Waals surface area contributed by atoms with Crippen molar-refractivity contribution in [3.8, 4) is 22.5 Å². The molecule has 0 aliphatic carbocycles. The number of aryl methyl sites for hydroxylation is 4. The average molecular weight is 891 g/mol. The molecule has 6 aromatic rings. The molecule has 4 aromatic carbocycles. The van der Waals surface area contributed by atoms with Gasteiger partial charge in [0.25, 0.3) is 0 Å². The summed E-state index contributed by atoms with van der Waals surface area (Å²) in [4.78, 5) is 20.3. The van der Waals surface area contributed by atoms with Gasteiger partial charge < -0.3 is 15.1 Å². The third-order valence-electron chi connectivity index (χ3n) is 9.08. The summed E-state index contributed by atoms with van der Waals surface area (Å²) in [5.74, 6) is -0.682. The van der Waals surface area contributed by atoms with Gasteiger partial charge in [-0.2, -0.15) is 0 Å². The molecule has 0 spiro atoms. The van der Waals surface area contributed by atoms with Crippen LogP contribution in [0, 0.1) is 63.3 Å². The van der Waals surface area contributed by atoms with Crippen LogP contribution in [0.15, 0.2) is 97.0 Å². The Balaban J connectivity index is 0.000000227. The van der Waals surface area contributed by atoms with Crippen molar-refractivity contribution in [2.75, 3.05) is 0 Å². The van der Waals surface area contributed by atoms with Gasteiger partial charge in [-0.3, -0.25) is 4.79 Å². The van der Waals surface area contributed by atoms with E-state index in [4.69, 9.17) is 0 Å². The molecule has 6 rings (SSSR count). The van der Waals surface area contributed by atoms with Crippen molar-refractivity contribution in [3.63, 3.8) is 0 Å². The van der Waals surface area contributed by atoms with Gasteiger partial charge in [-0.05, 0) is 65.0 Å². The molecule has 53 heavy (non-hydrogen) atoms. The summed E-state index contributed by atoms with van der Waals surface area (Å²) >= 11 is 0. The Bertz CT molecular complexity index is 2140. The summed E-state index contributed by atoms with van der Waals surface area (Å²) in [6.45, 7) is 16.1. The number of carbonyl (C=O) groups excluding carboxylic acids is 1. The first kappa shape index (κ1) is 42.8. The van der Waals surface area contributed by atoms with E-state index in [2.05, 4.69) is 54.1 Å². The number of halogens is 2. The van der Waals surface area contributed by atoms with Gasteiger partial charge in [-0.25, -0.2) is 8.78 Å². The number of hydrogen-bond donors (Lipinski definition) is 1. The fraction of sp³-hybridized carbons (Fsp3) is 0.283. The molecule has 0 fully saturated rings. The quantitative estimate of drug-likeness (QED) is 0.0716. The van der Waals surface area contributed by atoms with E-state index in [1.165, 1.54) is 17.7 Å². The van der Waals surface area contributed by atoms with Gasteiger partial charge in [0.05, 0.1) is 5.76 Å². The first-order valence-corrected chi connectivity index (χ1v) is 17.9. The summed E-state index contributed by atoms with van der Waals surface area (Å²) in [7, 11) is 0. The van der Waals surface area contributed by atoms with Gasteiger partial charge in [0.15, 0.2) is 5.78 Å². The molecule has 4 nitrogen and oxygen atoms in total. The summed E-state index contributed by atoms with van der Waals surface area (Å²) in [5, 5.41) is 12.3. The Labute approximate surface area is 326 Å². The van der Waals surface area contributed by atoms with E-state index in [9.17, 15) is 18.7 Å². The van der Waals surface area contributed by atoms with E-state index in [0.29, 0.717) is 10.8 Å². The zero-order chi connectivity index (χ0) is 37.9. The standard InChI is InChI=1S/C21H14F2N.C13H12N.C12H22O2.Ir/c1-12-7-13(2)9-14(8-12)21-18-4-3-17-19(16(18)5-6-24-21)10-15(22)11-20(17)23;1-10-7-11(2)9-12(8-10)13-5-3-4-6-14-13;1-5-9(4)11(13)8-12(14)10(6-2)7-3;/h3-8,10-11H,1-2H3;3-8H,1-2H3;8-10,14H,5-7H2,1-4H3;/q2*-1;;/b;;12-8-;. The van der Waals surface area contributed by atoms with Gasteiger partial charge in [-0.15, -0.1) is 69.8 Å². The number of carbonyl (C=O) groups is 1. The minimum atomic E-state index is -0.580. The molecular weight excluding hydrogens is 843 g/mol. The number of aliphatic hydroxyl groups is 1. The van der Waals surface area contributed by atoms with Crippen molar-refractivity contribution in [1.29, 1.82) is 0 Å². The van der Waals surface area contributed by atoms with Crippen LogP contribution in [0.3, 0.4) is 0 Å². The summed E-state index contributed by atoms with van der Waals surface area (Å²) in [6.07, 6.45) is 7.48. The monoisotopic (exact) mass is 891 g/mol. The number of aromatic nitrogens is 2. The Kier molecular flexibility index (Phi) is 16.2. The summed E-state index contributed by atoms with van der Waals surface area (Å²) < 4.78 is 27.7. The number of benzene rings is 4. The van der Waals surface area contributed by atoms with Crippen LogP contribution in [-0.4, -0.2) is 20.9 Å². The Morgan fingerprint density at radius 1 is 0.736 bits per heavy atom. The van der Waals surface area contributed by atoms with Crippen molar-refractivity contribution in [2.24, 2.45) is 11.8 Å². The smallest absolute Gasteiger partial charge is 0.161 e. The van der Waals surface area contributed by atoms with E-state index in [1.54, 1.807) is 24.5 Å². The van der Waals surface area contributed by atoms with Crippen LogP contribution in [0.4, 0.5) is 8.78 Å². The minimum Gasteiger partial charge on any atom is -0.512 e. The van der Waals surface area contributed by atoms with Gasteiger partial charge in [0.1, 0.15) is 11.6 Å². The SMILES string of the molecule is CCC(C)C(=O)/C=C(\O)C(CC)CC.Cc1[c-]c(-c2ccccn2)cc(C)c1.Cc1[c-]c(-c2nccc3c2ccc2c(F)cc(F)cc23)cc(C)c1.[Ir]. The second-order valence-electron chi connectivity index (χ2n) is 13.3. The van der Waals surface area contributed by atoms with E-state index < -0.39 is 11.6 Å². The topological polar surface area (TPSA) is 63.1 Å². The maximum absolute atomic E-state index is 14.0. The van der Waals surface area contributed by atoms with Crippen molar-refractivity contribution >= 4 is 27.3 Å². The van der Waals surface area contributed by atoms with Crippen LogP contribution in [0.5, 0.6) is 0 Å². The number of rotatable bonds is 8. The van der Waals surface area contributed by atoms with Gasteiger partial charge in [0, 0.05) is 61.9 Å². The predicted octanol–water partition coefficient (Wildman–Crippen LogP) is 12.4. The molecule has 0 saturated heterocycles. The molecule has 0 aliphatic heterocycles. The Morgan fingerprint density at radius 3 is 1.94 bits per heavy atom. The number of ketones is 1.